The molecular formula is C24H23ClN2O4. The maximum Gasteiger partial charge on any atom is 0.271 e. The highest BCUT2D eigenvalue weighted by atomic mass is 35.5. The van der Waals surface area contributed by atoms with Crippen LogP contribution in [0.2, 0.25) is 5.02 Å². The highest BCUT2D eigenvalue weighted by Crippen LogP contribution is 2.32. The Morgan fingerprint density at radius 2 is 1.87 bits per heavy atom. The molecule has 7 heteroatoms. The lowest BCUT2D eigenvalue weighted by atomic mass is 9.80. The number of hydrogen-bond acceptors (Lipinski definition) is 5. The molecule has 1 aliphatic carbocycles. The van der Waals surface area contributed by atoms with Crippen LogP contribution in [0.15, 0.2) is 65.5 Å². The van der Waals surface area contributed by atoms with E-state index in [0.29, 0.717) is 28.5 Å². The number of Topliss-reactive ketones (excluding diaryl/α,β-unsaturated/α-hetero) is 1. The van der Waals surface area contributed by atoms with Crippen LogP contribution in [0.25, 0.3) is 0 Å². The van der Waals surface area contributed by atoms with E-state index in [-0.39, 0.29) is 23.7 Å². The Morgan fingerprint density at radius 1 is 1.13 bits per heavy atom. The van der Waals surface area contributed by atoms with Crippen molar-refractivity contribution in [3.63, 3.8) is 0 Å². The first-order valence-electron chi connectivity index (χ1n) is 10.3. The van der Waals surface area contributed by atoms with Crippen molar-refractivity contribution in [1.82, 2.24) is 5.43 Å². The van der Waals surface area contributed by atoms with Crippen molar-refractivity contribution in [2.24, 2.45) is 11.0 Å². The summed E-state index contributed by atoms with van der Waals surface area (Å²) in [5.41, 5.74) is 4.26. The maximum absolute atomic E-state index is 12.6. The fourth-order valence-electron chi connectivity index (χ4n) is 3.76. The Bertz CT molecular complexity index is 999. The molecule has 6 nitrogen and oxygen atoms in total. The molecule has 0 aromatic heterocycles. The predicted molar refractivity (Wildman–Crippen MR) is 118 cm³/mol. The number of ketones is 1. The fourth-order valence-corrected chi connectivity index (χ4v) is 3.89. The third kappa shape index (κ3) is 5.33. The van der Waals surface area contributed by atoms with Crippen LogP contribution < -0.4 is 10.2 Å². The summed E-state index contributed by atoms with van der Waals surface area (Å²) in [6, 6.07) is 14.2. The van der Waals surface area contributed by atoms with E-state index in [9.17, 15) is 9.59 Å². The molecule has 1 saturated carbocycles. The molecule has 2 aromatic rings. The number of carbonyl (C=O) groups excluding carboxylic acids is 2. The zero-order valence-electron chi connectivity index (χ0n) is 16.9. The average Bonchev–Trinajstić information content (AvgIpc) is 2.80. The number of hydrazone groups is 1. The van der Waals surface area contributed by atoms with Crippen LogP contribution in [-0.4, -0.2) is 24.0 Å². The van der Waals surface area contributed by atoms with Gasteiger partial charge in [-0.1, -0.05) is 30.2 Å². The largest absolute Gasteiger partial charge is 0.496 e. The fraction of sp³-hybridized carbons (Fsp3) is 0.292. The molecule has 1 N–H and O–H groups in total. The van der Waals surface area contributed by atoms with Crippen molar-refractivity contribution >= 4 is 29.5 Å². The van der Waals surface area contributed by atoms with Gasteiger partial charge in [0.2, 0.25) is 0 Å². The van der Waals surface area contributed by atoms with E-state index in [4.69, 9.17) is 21.1 Å². The van der Waals surface area contributed by atoms with Crippen molar-refractivity contribution in [3.05, 3.63) is 76.5 Å². The number of amides is 1. The number of halogens is 1. The second kappa shape index (κ2) is 9.79. The summed E-state index contributed by atoms with van der Waals surface area (Å²) in [5, 5.41) is 4.61. The molecule has 1 heterocycles. The van der Waals surface area contributed by atoms with E-state index in [1.165, 1.54) is 12.5 Å². The van der Waals surface area contributed by atoms with Crippen molar-refractivity contribution in [1.29, 1.82) is 0 Å². The van der Waals surface area contributed by atoms with Gasteiger partial charge >= 0.3 is 0 Å². The number of nitrogens with one attached hydrogen (secondary N) is 1. The standard InChI is InChI=1S/C24H23ClN2O4/c25-19-9-5-16(6-10-19)14-30-20-11-7-17(8-12-20)24(29)27-26-13-18-15-31-22-4-2-1-3-21(22)23(18)28/h5-13,15,21-22H,1-4,14H2,(H,27,29)/b26-13+. The molecule has 1 fully saturated rings. The third-order valence-electron chi connectivity index (χ3n) is 5.50. The van der Waals surface area contributed by atoms with Crippen LogP contribution in [0, 0.1) is 5.92 Å². The van der Waals surface area contributed by atoms with Crippen LogP contribution in [0.5, 0.6) is 5.75 Å². The van der Waals surface area contributed by atoms with Gasteiger partial charge in [-0.05, 0) is 61.2 Å². The topological polar surface area (TPSA) is 77.0 Å². The third-order valence-corrected chi connectivity index (χ3v) is 5.75. The van der Waals surface area contributed by atoms with E-state index in [0.717, 1.165) is 31.2 Å². The summed E-state index contributed by atoms with van der Waals surface area (Å²) < 4.78 is 11.4. The van der Waals surface area contributed by atoms with Crippen molar-refractivity contribution in [2.75, 3.05) is 0 Å². The molecule has 1 amide bonds. The smallest absolute Gasteiger partial charge is 0.271 e. The molecule has 0 bridgehead atoms. The van der Waals surface area contributed by atoms with Crippen molar-refractivity contribution < 1.29 is 19.1 Å². The Kier molecular flexibility index (Phi) is 6.67. The Hall–Kier alpha value is -3.12. The molecule has 2 aromatic carbocycles. The van der Waals surface area contributed by atoms with Gasteiger partial charge in [0.05, 0.1) is 24.0 Å². The molecule has 160 valence electrons. The van der Waals surface area contributed by atoms with E-state index >= 15 is 0 Å². The molecule has 0 radical (unpaired) electrons. The molecule has 2 aliphatic rings. The minimum Gasteiger partial charge on any atom is -0.496 e. The van der Waals surface area contributed by atoms with Gasteiger partial charge in [0.1, 0.15) is 18.5 Å². The van der Waals surface area contributed by atoms with Gasteiger partial charge in [0.15, 0.2) is 5.78 Å². The number of ether oxygens (including phenoxy) is 2. The lowest BCUT2D eigenvalue weighted by Crippen LogP contribution is -2.37. The minimum atomic E-state index is -0.374. The molecule has 0 spiro atoms. The monoisotopic (exact) mass is 438 g/mol. The summed E-state index contributed by atoms with van der Waals surface area (Å²) >= 11 is 5.88. The number of allylic oxidation sites excluding steroid dienone is 1. The minimum absolute atomic E-state index is 0.0200. The van der Waals surface area contributed by atoms with Crippen LogP contribution in [-0.2, 0) is 16.1 Å². The van der Waals surface area contributed by atoms with E-state index < -0.39 is 0 Å². The van der Waals surface area contributed by atoms with Gasteiger partial charge in [-0.3, -0.25) is 9.59 Å². The summed E-state index contributed by atoms with van der Waals surface area (Å²) in [5.74, 6) is 0.209. The second-order valence-corrected chi connectivity index (χ2v) is 8.08. The number of rotatable bonds is 6. The predicted octanol–water partition coefficient (Wildman–Crippen LogP) is 4.68. The molecule has 31 heavy (non-hydrogen) atoms. The quantitative estimate of drug-likeness (QED) is 0.525. The number of fused-ring (bicyclic) bond motifs is 1. The van der Waals surface area contributed by atoms with Crippen molar-refractivity contribution in [3.8, 4) is 5.75 Å². The molecule has 4 rings (SSSR count). The zero-order chi connectivity index (χ0) is 21.6. The summed E-state index contributed by atoms with van der Waals surface area (Å²) in [4.78, 5) is 24.9. The van der Waals surface area contributed by atoms with Crippen LogP contribution in [0.1, 0.15) is 41.6 Å². The van der Waals surface area contributed by atoms with Crippen LogP contribution in [0.3, 0.4) is 0 Å². The van der Waals surface area contributed by atoms with Gasteiger partial charge < -0.3 is 9.47 Å². The lowest BCUT2D eigenvalue weighted by Gasteiger charge is -2.33. The number of nitrogens with zero attached hydrogens (tertiary/aromatic N) is 1. The highest BCUT2D eigenvalue weighted by Gasteiger charge is 2.36. The maximum atomic E-state index is 12.6. The van der Waals surface area contributed by atoms with E-state index in [1.54, 1.807) is 24.3 Å². The number of benzene rings is 2. The van der Waals surface area contributed by atoms with E-state index in [2.05, 4.69) is 10.5 Å². The average molecular weight is 439 g/mol. The summed E-state index contributed by atoms with van der Waals surface area (Å²) in [7, 11) is 0. The van der Waals surface area contributed by atoms with Crippen LogP contribution >= 0.6 is 11.6 Å². The molecule has 2 unspecified atom stereocenters. The van der Waals surface area contributed by atoms with Gasteiger partial charge in [-0.2, -0.15) is 5.10 Å². The summed E-state index contributed by atoms with van der Waals surface area (Å²) in [6.45, 7) is 0.403. The molecule has 1 aliphatic heterocycles. The Balaban J connectivity index is 1.29. The Labute approximate surface area is 185 Å². The Morgan fingerprint density at radius 3 is 2.65 bits per heavy atom. The lowest BCUT2D eigenvalue weighted by molar-refractivity contribution is -0.126. The van der Waals surface area contributed by atoms with Gasteiger partial charge in [0, 0.05) is 10.6 Å². The van der Waals surface area contributed by atoms with Gasteiger partial charge in [0.25, 0.3) is 5.91 Å². The first kappa shape index (κ1) is 21.1. The van der Waals surface area contributed by atoms with E-state index in [1.807, 2.05) is 24.3 Å². The summed E-state index contributed by atoms with van der Waals surface area (Å²) in [6.07, 6.45) is 6.67. The molecular weight excluding hydrogens is 416 g/mol. The first-order chi connectivity index (χ1) is 15.1. The SMILES string of the molecule is O=C(N/N=C/C1=COC2CCCCC2C1=O)c1ccc(OCc2ccc(Cl)cc2)cc1. The zero-order valence-corrected chi connectivity index (χ0v) is 17.7. The second-order valence-electron chi connectivity index (χ2n) is 7.64. The number of carbonyl (C=O) groups is 2. The first-order valence-corrected chi connectivity index (χ1v) is 10.7. The van der Waals surface area contributed by atoms with Gasteiger partial charge in [-0.25, -0.2) is 5.43 Å². The molecule has 0 saturated heterocycles. The normalized spacial score (nSPS) is 20.5. The molecule has 2 atom stereocenters. The van der Waals surface area contributed by atoms with Crippen molar-refractivity contribution in [2.45, 2.75) is 38.4 Å². The van der Waals surface area contributed by atoms with Gasteiger partial charge in [-0.15, -0.1) is 0 Å². The van der Waals surface area contributed by atoms with Crippen LogP contribution in [0.4, 0.5) is 0 Å². The highest BCUT2D eigenvalue weighted by molar-refractivity contribution is 6.30. The number of hydrogen-bond donors (Lipinski definition) is 1.